The smallest absolute Gasteiger partial charge is 0.148 e. The average molecular weight is 1020 g/mol. The first-order valence-corrected chi connectivity index (χ1v) is 20.1. The van der Waals surface area contributed by atoms with Crippen molar-refractivity contribution in [2.75, 3.05) is 0 Å². The van der Waals surface area contributed by atoms with Crippen molar-refractivity contribution in [3.63, 3.8) is 0 Å². The van der Waals surface area contributed by atoms with E-state index in [1.54, 1.807) is 59.2 Å². The molecule has 5 heteroatoms. The van der Waals surface area contributed by atoms with Crippen molar-refractivity contribution in [1.29, 1.82) is 0 Å². The van der Waals surface area contributed by atoms with E-state index in [1.807, 2.05) is 66.7 Å². The van der Waals surface area contributed by atoms with E-state index >= 15 is 0 Å². The van der Waals surface area contributed by atoms with Gasteiger partial charge in [0.2, 0.25) is 0 Å². The summed E-state index contributed by atoms with van der Waals surface area (Å²) in [6.07, 6.45) is -0.678. The Bertz CT molecular complexity index is 3690. The molecule has 0 unspecified atom stereocenters. The average Bonchev–Trinajstić information content (AvgIpc) is 3.73. The maximum Gasteiger partial charge on any atom is 0.148 e. The van der Waals surface area contributed by atoms with Crippen LogP contribution in [-0.4, -0.2) is 19.6 Å². The molecule has 0 radical (unpaired) electrons. The Morgan fingerprint density at radius 3 is 2.11 bits per heavy atom. The van der Waals surface area contributed by atoms with E-state index in [4.69, 9.17) is 29.7 Å². The third-order valence-electron chi connectivity index (χ3n) is 10.9. The molecule has 0 atom stereocenters. The number of aromatic hydroxyl groups is 1. The Morgan fingerprint density at radius 2 is 1.44 bits per heavy atom. The van der Waals surface area contributed by atoms with Gasteiger partial charge in [0, 0.05) is 54.9 Å². The van der Waals surface area contributed by atoms with Gasteiger partial charge in [-0.05, 0) is 93.2 Å². The van der Waals surface area contributed by atoms with E-state index in [2.05, 4.69) is 11.1 Å². The summed E-state index contributed by atoms with van der Waals surface area (Å²) in [5.41, 5.74) is -1.44. The maximum absolute atomic E-state index is 12.4. The number of rotatable bonds is 8. The van der Waals surface area contributed by atoms with Gasteiger partial charge in [0.25, 0.3) is 0 Å². The van der Waals surface area contributed by atoms with Gasteiger partial charge in [0.15, 0.2) is 0 Å². The second kappa shape index (κ2) is 17.3. The van der Waals surface area contributed by atoms with E-state index in [9.17, 15) is 6.48 Å². The molecule has 2 heterocycles. The molecule has 0 aliphatic rings. The summed E-state index contributed by atoms with van der Waals surface area (Å²) in [5, 5.41) is 12.4. The molecule has 6 aromatic carbocycles. The molecule has 0 bridgehead atoms. The fourth-order valence-corrected chi connectivity index (χ4v) is 7.46. The Balaban J connectivity index is 0.00000946. The molecule has 0 fully saturated rings. The van der Waals surface area contributed by atoms with Crippen LogP contribution in [-0.2, 0) is 31.9 Å². The van der Waals surface area contributed by atoms with Gasteiger partial charge in [0.05, 0.1) is 31.9 Å². The quantitative estimate of drug-likeness (QED) is 0.154. The largest absolute Gasteiger partial charge is 0.507 e. The van der Waals surface area contributed by atoms with Crippen molar-refractivity contribution >= 4 is 11.0 Å². The minimum absolute atomic E-state index is 0. The van der Waals surface area contributed by atoms with Gasteiger partial charge in [-0.3, -0.25) is 9.55 Å². The number of aromatic nitrogens is 3. The minimum Gasteiger partial charge on any atom is -0.507 e. The van der Waals surface area contributed by atoms with Crippen molar-refractivity contribution in [3.05, 3.63) is 167 Å². The standard InChI is InChI=1S/C57H58N3O.Pt/c1-35(2)41-31-47(36(3)4)54(61)49(32-41)55-59-53-46(18-15-19-52(53)60(55)51-25-24-44(56(6,7)8)34-48(51)39-16-13-12-14-17-39)42-28-43(30-45(29-42)57(9,10)11)50-33-40(26-27-58-50)38-22-20-37(5)21-23-38;/h12-27,29-36,61H,1-11H3;/q-1;/i5D3,6D3,7D3,8D3,20D,21D,22D,23D,26D,27D,33D;. The van der Waals surface area contributed by atoms with E-state index in [-0.39, 0.29) is 61.3 Å². The zero-order chi connectivity index (χ0) is 59.5. The van der Waals surface area contributed by atoms with Crippen molar-refractivity contribution in [1.82, 2.24) is 14.5 Å². The summed E-state index contributed by atoms with van der Waals surface area (Å²) in [5.74, 6) is -0.114. The van der Waals surface area contributed by atoms with Crippen molar-refractivity contribution in [2.45, 2.75) is 98.5 Å². The molecule has 62 heavy (non-hydrogen) atoms. The Labute approximate surface area is 410 Å². The molecule has 318 valence electrons. The van der Waals surface area contributed by atoms with Crippen LogP contribution in [0.1, 0.15) is 135 Å². The van der Waals surface area contributed by atoms with E-state index in [1.165, 1.54) is 18.2 Å². The van der Waals surface area contributed by atoms with Crippen LogP contribution in [0.25, 0.3) is 72.7 Å². The van der Waals surface area contributed by atoms with Crippen LogP contribution in [0.5, 0.6) is 5.75 Å². The zero-order valence-electron chi connectivity index (χ0n) is 54.4. The molecule has 0 aliphatic heterocycles. The van der Waals surface area contributed by atoms with E-state index in [0.717, 1.165) is 5.56 Å². The topological polar surface area (TPSA) is 50.9 Å². The maximum atomic E-state index is 12.4. The molecule has 2 aromatic heterocycles. The predicted molar refractivity (Wildman–Crippen MR) is 257 cm³/mol. The number of nitrogens with zero attached hydrogens (tertiary/aromatic N) is 3. The zero-order valence-corrected chi connectivity index (χ0v) is 37.7. The third-order valence-corrected chi connectivity index (χ3v) is 10.9. The van der Waals surface area contributed by atoms with E-state index in [0.29, 0.717) is 50.1 Å². The molecule has 4 nitrogen and oxygen atoms in total. The Morgan fingerprint density at radius 1 is 0.694 bits per heavy atom. The summed E-state index contributed by atoms with van der Waals surface area (Å²) in [6, 6.07) is 23.9. The van der Waals surface area contributed by atoms with Crippen molar-refractivity contribution in [3.8, 4) is 67.5 Å². The van der Waals surface area contributed by atoms with Gasteiger partial charge in [-0.15, -0.1) is 29.3 Å². The van der Waals surface area contributed by atoms with Crippen LogP contribution in [0.3, 0.4) is 0 Å². The number of phenolic OH excluding ortho intramolecular Hbond substituents is 1. The van der Waals surface area contributed by atoms with Crippen LogP contribution in [0.15, 0.2) is 133 Å². The van der Waals surface area contributed by atoms with Crippen LogP contribution < -0.4 is 0 Å². The summed E-state index contributed by atoms with van der Waals surface area (Å²) < 4.78 is 165. The summed E-state index contributed by atoms with van der Waals surface area (Å²) in [7, 11) is 0. The molecule has 0 spiro atoms. The first-order chi connectivity index (χ1) is 36.9. The number of hydrogen-bond donors (Lipinski definition) is 1. The van der Waals surface area contributed by atoms with Crippen LogP contribution in [0.4, 0.5) is 0 Å². The van der Waals surface area contributed by atoms with Gasteiger partial charge in [-0.25, -0.2) is 4.98 Å². The van der Waals surface area contributed by atoms with Crippen LogP contribution in [0, 0.1) is 12.9 Å². The summed E-state index contributed by atoms with van der Waals surface area (Å²) in [4.78, 5) is 9.73. The third kappa shape index (κ3) is 8.73. The molecule has 0 amide bonds. The number of imidazole rings is 1. The molecule has 8 rings (SSSR count). The summed E-state index contributed by atoms with van der Waals surface area (Å²) >= 11 is 0. The number of para-hydroxylation sites is 1. The number of pyridine rings is 1. The van der Waals surface area contributed by atoms with Crippen molar-refractivity contribution < 1.29 is 52.2 Å². The SMILES string of the molecule is [2H]c1nc(-c2[c-]c(-c3cccc4c3nc(-c3cc(C(C)C)cc(C(C)C)c3O)n4-c3ccc(C(C([2H])([2H])[2H])(C([2H])([2H])[2H])C([2H])([2H])[2H])cc3-c3ccccc3)cc(C(C)(C)C)c2)c([2H])c(-c2c([2H])c([2H])c(C([2H])([2H])[2H])c([2H])c2[2H])c1[2H].[Pt]. The number of phenols is 1. The molecule has 0 saturated carbocycles. The minimum atomic E-state index is -3.57. The van der Waals surface area contributed by atoms with Gasteiger partial charge >= 0.3 is 0 Å². The number of fused-ring (bicyclic) bond motifs is 1. The van der Waals surface area contributed by atoms with Crippen molar-refractivity contribution in [2.24, 2.45) is 0 Å². The van der Waals surface area contributed by atoms with E-state index < -0.39 is 103 Å². The van der Waals surface area contributed by atoms with Gasteiger partial charge in [-0.1, -0.05) is 171 Å². The van der Waals surface area contributed by atoms with Crippen LogP contribution in [0.2, 0.25) is 0 Å². The van der Waals surface area contributed by atoms with Gasteiger partial charge in [0.1, 0.15) is 11.6 Å². The number of hydrogen-bond acceptors (Lipinski definition) is 3. The second-order valence-electron chi connectivity index (χ2n) is 17.0. The normalized spacial score (nSPS) is 17.3. The first kappa shape index (κ1) is 26.1. The fourth-order valence-electron chi connectivity index (χ4n) is 7.46. The van der Waals surface area contributed by atoms with Gasteiger partial charge < -0.3 is 5.11 Å². The monoisotopic (exact) mass is 1010 g/mol. The summed E-state index contributed by atoms with van der Waals surface area (Å²) in [6.45, 7) is -0.0500. The predicted octanol–water partition coefficient (Wildman–Crippen LogP) is 15.4. The molecule has 0 saturated heterocycles. The Kier molecular flexibility index (Phi) is 7.30. The molecular formula is C57H58N3OPt-. The van der Waals surface area contributed by atoms with Gasteiger partial charge in [-0.2, -0.15) is 0 Å². The molecular weight excluding hydrogens is 938 g/mol. The fraction of sp³-hybridized carbons (Fsp3) is 0.263. The van der Waals surface area contributed by atoms with Crippen LogP contribution >= 0.6 is 0 Å². The Hall–Kier alpha value is -5.57. The first-order valence-electron chi connectivity index (χ1n) is 29.6. The molecule has 0 aliphatic carbocycles. The molecule has 8 aromatic rings. The molecule has 1 N–H and O–H groups in total. The number of benzene rings is 6. The second-order valence-corrected chi connectivity index (χ2v) is 17.0.